The Balaban J connectivity index is 2.60. The van der Waals surface area contributed by atoms with Crippen LogP contribution < -0.4 is 5.56 Å². The van der Waals surface area contributed by atoms with E-state index in [-0.39, 0.29) is 16.8 Å². The van der Waals surface area contributed by atoms with Gasteiger partial charge in [0.2, 0.25) is 5.56 Å². The van der Waals surface area contributed by atoms with E-state index in [1.165, 1.54) is 18.5 Å². The topological polar surface area (TPSA) is 69.5 Å². The highest BCUT2D eigenvalue weighted by atomic mass is 19.4. The Hall–Kier alpha value is -2.62. The van der Waals surface area contributed by atoms with Gasteiger partial charge in [-0.25, -0.2) is 0 Å². The Labute approximate surface area is 105 Å². The minimum absolute atomic E-state index is 0.0376. The molecular weight excluding hydrogens is 259 g/mol. The average Bonchev–Trinajstić information content (AvgIpc) is 2.37. The number of aromatic amines is 1. The number of rotatable bonds is 1. The Kier molecular flexibility index (Phi) is 3.09. The van der Waals surface area contributed by atoms with E-state index in [1.54, 1.807) is 0 Å². The molecule has 0 aliphatic heterocycles. The summed E-state index contributed by atoms with van der Waals surface area (Å²) in [6.07, 6.45) is -2.06. The molecule has 2 aromatic heterocycles. The molecule has 0 aliphatic carbocycles. The van der Waals surface area contributed by atoms with Crippen LogP contribution in [0.2, 0.25) is 0 Å². The Morgan fingerprint density at radius 1 is 1.21 bits per heavy atom. The highest BCUT2D eigenvalue weighted by Crippen LogP contribution is 2.30. The Bertz CT molecular complexity index is 713. The molecule has 0 atom stereocenters. The smallest absolute Gasteiger partial charge is 0.322 e. The van der Waals surface area contributed by atoms with Gasteiger partial charge in [0, 0.05) is 24.0 Å². The molecule has 0 fully saturated rings. The first kappa shape index (κ1) is 12.8. The van der Waals surface area contributed by atoms with Crippen molar-refractivity contribution in [2.24, 2.45) is 0 Å². The monoisotopic (exact) mass is 265 g/mol. The van der Waals surface area contributed by atoms with Crippen LogP contribution in [-0.4, -0.2) is 9.97 Å². The molecule has 0 amide bonds. The number of halogens is 3. The summed E-state index contributed by atoms with van der Waals surface area (Å²) >= 11 is 0. The standard InChI is InChI=1S/C12H6F3N3O/c13-12(14,15)9-2-10(18-11(19)3-9)8-1-7(4-16)5-17-6-8/h1-3,5-6H,(H,18,19). The van der Waals surface area contributed by atoms with Gasteiger partial charge in [-0.05, 0) is 12.1 Å². The summed E-state index contributed by atoms with van der Waals surface area (Å²) in [6.45, 7) is 0. The second-order valence-corrected chi connectivity index (χ2v) is 3.72. The minimum Gasteiger partial charge on any atom is -0.322 e. The molecule has 2 rings (SSSR count). The van der Waals surface area contributed by atoms with Crippen LogP contribution in [0.5, 0.6) is 0 Å². The molecule has 0 saturated carbocycles. The zero-order valence-electron chi connectivity index (χ0n) is 9.32. The van der Waals surface area contributed by atoms with Gasteiger partial charge < -0.3 is 4.98 Å². The maximum Gasteiger partial charge on any atom is 0.416 e. The van der Waals surface area contributed by atoms with Crippen LogP contribution in [0.15, 0.2) is 35.4 Å². The Morgan fingerprint density at radius 2 is 1.95 bits per heavy atom. The molecule has 0 unspecified atom stereocenters. The first-order chi connectivity index (χ1) is 8.90. The molecule has 19 heavy (non-hydrogen) atoms. The molecule has 2 aromatic rings. The van der Waals surface area contributed by atoms with Gasteiger partial charge in [-0.3, -0.25) is 9.78 Å². The molecule has 0 spiro atoms. The Morgan fingerprint density at radius 3 is 2.58 bits per heavy atom. The summed E-state index contributed by atoms with van der Waals surface area (Å²) in [7, 11) is 0. The maximum absolute atomic E-state index is 12.6. The fourth-order valence-electron chi connectivity index (χ4n) is 1.51. The lowest BCUT2D eigenvalue weighted by atomic mass is 10.1. The van der Waals surface area contributed by atoms with Gasteiger partial charge >= 0.3 is 6.18 Å². The highest BCUT2D eigenvalue weighted by molar-refractivity contribution is 5.60. The highest BCUT2D eigenvalue weighted by Gasteiger charge is 2.31. The fourth-order valence-corrected chi connectivity index (χ4v) is 1.51. The summed E-state index contributed by atoms with van der Waals surface area (Å²) in [5, 5.41) is 8.71. The summed E-state index contributed by atoms with van der Waals surface area (Å²) in [6, 6.07) is 4.45. The van der Waals surface area contributed by atoms with Crippen LogP contribution in [0.1, 0.15) is 11.1 Å². The zero-order valence-corrected chi connectivity index (χ0v) is 9.32. The quantitative estimate of drug-likeness (QED) is 0.860. The molecule has 0 bridgehead atoms. The lowest BCUT2D eigenvalue weighted by Gasteiger charge is -2.08. The van der Waals surface area contributed by atoms with Crippen molar-refractivity contribution < 1.29 is 13.2 Å². The van der Waals surface area contributed by atoms with Crippen molar-refractivity contribution in [3.8, 4) is 17.3 Å². The number of nitrogens with one attached hydrogen (secondary N) is 1. The van der Waals surface area contributed by atoms with Crippen LogP contribution in [0.4, 0.5) is 13.2 Å². The van der Waals surface area contributed by atoms with Gasteiger partial charge in [-0.15, -0.1) is 0 Å². The third-order valence-corrected chi connectivity index (χ3v) is 2.35. The van der Waals surface area contributed by atoms with Crippen LogP contribution in [-0.2, 0) is 6.18 Å². The predicted molar refractivity (Wildman–Crippen MR) is 60.0 cm³/mol. The largest absolute Gasteiger partial charge is 0.416 e. The van der Waals surface area contributed by atoms with E-state index >= 15 is 0 Å². The number of H-pyrrole nitrogens is 1. The first-order valence-electron chi connectivity index (χ1n) is 5.07. The molecule has 0 radical (unpaired) electrons. The summed E-state index contributed by atoms with van der Waals surface area (Å²) in [5.74, 6) is 0. The van der Waals surface area contributed by atoms with Gasteiger partial charge in [-0.1, -0.05) is 0 Å². The lowest BCUT2D eigenvalue weighted by Crippen LogP contribution is -2.13. The van der Waals surface area contributed by atoms with Gasteiger partial charge in [0.15, 0.2) is 0 Å². The number of nitrogens with zero attached hydrogens (tertiary/aromatic N) is 2. The van der Waals surface area contributed by atoms with E-state index in [0.717, 1.165) is 6.07 Å². The normalized spacial score (nSPS) is 11.1. The van der Waals surface area contributed by atoms with E-state index in [4.69, 9.17) is 5.26 Å². The van der Waals surface area contributed by atoms with Crippen molar-refractivity contribution in [1.82, 2.24) is 9.97 Å². The average molecular weight is 265 g/mol. The van der Waals surface area contributed by atoms with Crippen molar-refractivity contribution in [1.29, 1.82) is 5.26 Å². The van der Waals surface area contributed by atoms with E-state index in [9.17, 15) is 18.0 Å². The SMILES string of the molecule is N#Cc1cncc(-c2cc(C(F)(F)F)cc(=O)[nH]2)c1. The maximum atomic E-state index is 12.6. The van der Waals surface area contributed by atoms with E-state index in [2.05, 4.69) is 9.97 Å². The number of nitriles is 1. The molecule has 0 aliphatic rings. The van der Waals surface area contributed by atoms with Crippen LogP contribution in [0.25, 0.3) is 11.3 Å². The molecule has 2 heterocycles. The van der Waals surface area contributed by atoms with Gasteiger partial charge in [0.1, 0.15) is 6.07 Å². The van der Waals surface area contributed by atoms with E-state index in [0.29, 0.717) is 6.07 Å². The van der Waals surface area contributed by atoms with Gasteiger partial charge in [0.05, 0.1) is 16.8 Å². The molecule has 1 N–H and O–H groups in total. The number of hydrogen-bond donors (Lipinski definition) is 1. The number of aromatic nitrogens is 2. The third-order valence-electron chi connectivity index (χ3n) is 2.35. The third kappa shape index (κ3) is 2.80. The lowest BCUT2D eigenvalue weighted by molar-refractivity contribution is -0.137. The molecule has 7 heteroatoms. The summed E-state index contributed by atoms with van der Waals surface area (Å²) in [4.78, 5) is 17.3. The first-order valence-corrected chi connectivity index (χ1v) is 5.07. The van der Waals surface area contributed by atoms with E-state index < -0.39 is 17.3 Å². The second-order valence-electron chi connectivity index (χ2n) is 3.72. The van der Waals surface area contributed by atoms with Gasteiger partial charge in [0.25, 0.3) is 0 Å². The predicted octanol–water partition coefficient (Wildman–Crippen LogP) is 2.33. The molecule has 4 nitrogen and oxygen atoms in total. The minimum atomic E-state index is -4.61. The zero-order chi connectivity index (χ0) is 14.0. The molecular formula is C12H6F3N3O. The van der Waals surface area contributed by atoms with Crippen molar-refractivity contribution in [3.05, 3.63) is 52.1 Å². The molecule has 0 saturated heterocycles. The second kappa shape index (κ2) is 4.57. The van der Waals surface area contributed by atoms with Crippen LogP contribution in [0.3, 0.4) is 0 Å². The number of pyridine rings is 2. The van der Waals surface area contributed by atoms with Crippen molar-refractivity contribution in [2.45, 2.75) is 6.18 Å². The van der Waals surface area contributed by atoms with Crippen LogP contribution >= 0.6 is 0 Å². The summed E-state index contributed by atoms with van der Waals surface area (Å²) < 4.78 is 37.8. The van der Waals surface area contributed by atoms with Crippen molar-refractivity contribution in [2.75, 3.05) is 0 Å². The van der Waals surface area contributed by atoms with Crippen LogP contribution in [0, 0.1) is 11.3 Å². The number of alkyl halides is 3. The fraction of sp³-hybridized carbons (Fsp3) is 0.0833. The van der Waals surface area contributed by atoms with Crippen molar-refractivity contribution >= 4 is 0 Å². The molecule has 0 aromatic carbocycles. The number of hydrogen-bond acceptors (Lipinski definition) is 3. The molecule has 96 valence electrons. The van der Waals surface area contributed by atoms with Crippen molar-refractivity contribution in [3.63, 3.8) is 0 Å². The van der Waals surface area contributed by atoms with Gasteiger partial charge in [-0.2, -0.15) is 18.4 Å². The summed E-state index contributed by atoms with van der Waals surface area (Å²) in [5.41, 5.74) is -1.52. The van der Waals surface area contributed by atoms with E-state index in [1.807, 2.05) is 6.07 Å².